The van der Waals surface area contributed by atoms with E-state index in [1.54, 1.807) is 11.1 Å². The number of carbonyl (C=O) groups excluding carboxylic acids is 1. The van der Waals surface area contributed by atoms with E-state index in [0.717, 1.165) is 5.69 Å². The van der Waals surface area contributed by atoms with Crippen molar-refractivity contribution in [3.05, 3.63) is 30.1 Å². The molecule has 20 heavy (non-hydrogen) atoms. The molecule has 2 heterocycles. The van der Waals surface area contributed by atoms with E-state index >= 15 is 0 Å². The number of hydrogen-bond acceptors (Lipinski definition) is 4. The van der Waals surface area contributed by atoms with Crippen LogP contribution in [0, 0.1) is 16.7 Å². The number of nitrogens with zero attached hydrogens (tertiary/aromatic N) is 3. The average Bonchev–Trinajstić information content (AvgIpc) is 2.53. The van der Waals surface area contributed by atoms with Gasteiger partial charge in [0.05, 0.1) is 18.3 Å². The third-order valence-electron chi connectivity index (χ3n) is 3.72. The van der Waals surface area contributed by atoms with Gasteiger partial charge in [-0.25, -0.2) is 0 Å². The summed E-state index contributed by atoms with van der Waals surface area (Å²) in [6.45, 7) is 3.88. The third-order valence-corrected chi connectivity index (χ3v) is 3.72. The highest BCUT2D eigenvalue weighted by molar-refractivity contribution is 5.85. The number of rotatable bonds is 4. The summed E-state index contributed by atoms with van der Waals surface area (Å²) in [6, 6.07) is 7.86. The fourth-order valence-electron chi connectivity index (χ4n) is 2.41. The largest absolute Gasteiger partial charge is 0.381 e. The fraction of sp³-hybridized carbons (Fsp3) is 0.533. The zero-order chi connectivity index (χ0) is 14.4. The normalized spacial score (nSPS) is 17.2. The molecule has 0 atom stereocenters. The SMILES string of the molecule is CCN(Cc1ccccn1)C(=O)C1(C#N)CCOCC1. The molecule has 0 aliphatic carbocycles. The van der Waals surface area contributed by atoms with Gasteiger partial charge in [0, 0.05) is 26.0 Å². The minimum atomic E-state index is -0.928. The van der Waals surface area contributed by atoms with Gasteiger partial charge in [0.1, 0.15) is 5.41 Å². The fourth-order valence-corrected chi connectivity index (χ4v) is 2.41. The molecule has 5 heteroatoms. The maximum atomic E-state index is 12.7. The molecular formula is C15H19N3O2. The van der Waals surface area contributed by atoms with Crippen LogP contribution in [-0.4, -0.2) is 35.5 Å². The highest BCUT2D eigenvalue weighted by Crippen LogP contribution is 2.32. The van der Waals surface area contributed by atoms with Crippen molar-refractivity contribution in [1.29, 1.82) is 5.26 Å². The van der Waals surface area contributed by atoms with E-state index < -0.39 is 5.41 Å². The Morgan fingerprint density at radius 1 is 1.50 bits per heavy atom. The van der Waals surface area contributed by atoms with Crippen LogP contribution < -0.4 is 0 Å². The molecule has 1 saturated heterocycles. The number of aromatic nitrogens is 1. The lowest BCUT2D eigenvalue weighted by Gasteiger charge is -2.34. The Kier molecular flexibility index (Phi) is 4.70. The molecule has 1 amide bonds. The maximum Gasteiger partial charge on any atom is 0.243 e. The standard InChI is InChI=1S/C15H19N3O2/c1-2-18(11-13-5-3-4-8-17-13)14(19)15(12-16)6-9-20-10-7-15/h3-5,8H,2,6-7,9-11H2,1H3. The maximum absolute atomic E-state index is 12.7. The Balaban J connectivity index is 2.14. The molecule has 2 rings (SSSR count). The zero-order valence-corrected chi connectivity index (χ0v) is 11.7. The van der Waals surface area contributed by atoms with Crippen molar-refractivity contribution in [1.82, 2.24) is 9.88 Å². The Morgan fingerprint density at radius 2 is 2.25 bits per heavy atom. The molecular weight excluding hydrogens is 254 g/mol. The number of nitriles is 1. The van der Waals surface area contributed by atoms with Crippen LogP contribution in [0.2, 0.25) is 0 Å². The molecule has 0 saturated carbocycles. The smallest absolute Gasteiger partial charge is 0.243 e. The molecule has 1 aromatic rings. The first kappa shape index (κ1) is 14.5. The van der Waals surface area contributed by atoms with Gasteiger partial charge in [-0.2, -0.15) is 5.26 Å². The summed E-state index contributed by atoms with van der Waals surface area (Å²) in [7, 11) is 0. The minimum absolute atomic E-state index is 0.101. The summed E-state index contributed by atoms with van der Waals surface area (Å²) < 4.78 is 5.27. The van der Waals surface area contributed by atoms with Gasteiger partial charge in [-0.3, -0.25) is 9.78 Å². The van der Waals surface area contributed by atoms with Crippen molar-refractivity contribution < 1.29 is 9.53 Å². The Bertz CT molecular complexity index is 490. The van der Waals surface area contributed by atoms with E-state index in [0.29, 0.717) is 39.1 Å². The van der Waals surface area contributed by atoms with E-state index in [-0.39, 0.29) is 5.91 Å². The molecule has 0 radical (unpaired) electrons. The molecule has 1 aliphatic rings. The van der Waals surface area contributed by atoms with Crippen LogP contribution >= 0.6 is 0 Å². The molecule has 1 aliphatic heterocycles. The van der Waals surface area contributed by atoms with Crippen molar-refractivity contribution in [2.75, 3.05) is 19.8 Å². The zero-order valence-electron chi connectivity index (χ0n) is 11.7. The van der Waals surface area contributed by atoms with E-state index in [9.17, 15) is 10.1 Å². The molecule has 1 aromatic heterocycles. The number of carbonyl (C=O) groups is 1. The summed E-state index contributed by atoms with van der Waals surface area (Å²) in [5.74, 6) is -0.101. The van der Waals surface area contributed by atoms with Crippen molar-refractivity contribution in [2.45, 2.75) is 26.3 Å². The van der Waals surface area contributed by atoms with Gasteiger partial charge in [-0.05, 0) is 31.9 Å². The second kappa shape index (κ2) is 6.49. The summed E-state index contributed by atoms with van der Waals surface area (Å²) in [5, 5.41) is 9.45. The van der Waals surface area contributed by atoms with Crippen LogP contribution in [0.25, 0.3) is 0 Å². The quantitative estimate of drug-likeness (QED) is 0.838. The average molecular weight is 273 g/mol. The molecule has 106 valence electrons. The van der Waals surface area contributed by atoms with Gasteiger partial charge < -0.3 is 9.64 Å². The number of ether oxygens (including phenoxy) is 1. The monoisotopic (exact) mass is 273 g/mol. The van der Waals surface area contributed by atoms with Crippen LogP contribution in [0.5, 0.6) is 0 Å². The predicted molar refractivity (Wildman–Crippen MR) is 73.4 cm³/mol. The highest BCUT2D eigenvalue weighted by Gasteiger charge is 2.42. The predicted octanol–water partition coefficient (Wildman–Crippen LogP) is 1.75. The van der Waals surface area contributed by atoms with Crippen LogP contribution in [-0.2, 0) is 16.1 Å². The molecule has 0 aromatic carbocycles. The van der Waals surface area contributed by atoms with Crippen LogP contribution in [0.4, 0.5) is 0 Å². The molecule has 0 unspecified atom stereocenters. The lowest BCUT2D eigenvalue weighted by atomic mass is 9.80. The van der Waals surface area contributed by atoms with Crippen molar-refractivity contribution in [3.8, 4) is 6.07 Å². The number of amides is 1. The molecule has 0 N–H and O–H groups in total. The van der Waals surface area contributed by atoms with Crippen LogP contribution in [0.15, 0.2) is 24.4 Å². The second-order valence-electron chi connectivity index (χ2n) is 4.95. The van der Waals surface area contributed by atoms with Crippen LogP contribution in [0.3, 0.4) is 0 Å². The summed E-state index contributed by atoms with van der Waals surface area (Å²) in [6.07, 6.45) is 2.66. The Labute approximate surface area is 119 Å². The molecule has 0 spiro atoms. The summed E-state index contributed by atoms with van der Waals surface area (Å²) in [5.41, 5.74) is -0.0916. The van der Waals surface area contributed by atoms with Crippen LogP contribution in [0.1, 0.15) is 25.5 Å². The van der Waals surface area contributed by atoms with Gasteiger partial charge in [0.25, 0.3) is 0 Å². The first-order valence-corrected chi connectivity index (χ1v) is 6.90. The van der Waals surface area contributed by atoms with E-state index in [1.807, 2.05) is 25.1 Å². The van der Waals surface area contributed by atoms with Crippen molar-refractivity contribution in [2.24, 2.45) is 5.41 Å². The van der Waals surface area contributed by atoms with Gasteiger partial charge in [0.2, 0.25) is 5.91 Å². The first-order valence-electron chi connectivity index (χ1n) is 6.90. The highest BCUT2D eigenvalue weighted by atomic mass is 16.5. The van der Waals surface area contributed by atoms with E-state index in [1.165, 1.54) is 0 Å². The van der Waals surface area contributed by atoms with Crippen molar-refractivity contribution >= 4 is 5.91 Å². The topological polar surface area (TPSA) is 66.2 Å². The number of pyridine rings is 1. The Morgan fingerprint density at radius 3 is 2.80 bits per heavy atom. The van der Waals surface area contributed by atoms with Gasteiger partial charge >= 0.3 is 0 Å². The summed E-state index contributed by atoms with van der Waals surface area (Å²) >= 11 is 0. The van der Waals surface area contributed by atoms with Gasteiger partial charge in [-0.15, -0.1) is 0 Å². The lowest BCUT2D eigenvalue weighted by Crippen LogP contribution is -2.46. The second-order valence-corrected chi connectivity index (χ2v) is 4.95. The lowest BCUT2D eigenvalue weighted by molar-refractivity contribution is -0.143. The molecule has 0 bridgehead atoms. The number of hydrogen-bond donors (Lipinski definition) is 0. The van der Waals surface area contributed by atoms with E-state index in [4.69, 9.17) is 4.74 Å². The van der Waals surface area contributed by atoms with Gasteiger partial charge in [0.15, 0.2) is 0 Å². The summed E-state index contributed by atoms with van der Waals surface area (Å²) in [4.78, 5) is 18.7. The molecule has 1 fully saturated rings. The molecule has 5 nitrogen and oxygen atoms in total. The van der Waals surface area contributed by atoms with E-state index in [2.05, 4.69) is 11.1 Å². The third kappa shape index (κ3) is 2.97. The first-order chi connectivity index (χ1) is 9.72. The van der Waals surface area contributed by atoms with Crippen molar-refractivity contribution in [3.63, 3.8) is 0 Å². The van der Waals surface area contributed by atoms with Gasteiger partial charge in [-0.1, -0.05) is 6.07 Å². The Hall–Kier alpha value is -1.93. The minimum Gasteiger partial charge on any atom is -0.381 e.